The second kappa shape index (κ2) is 10.3. The normalized spacial score (nSPS) is 14.5. The molecule has 2 unspecified atom stereocenters. The first-order valence-corrected chi connectivity index (χ1v) is 9.33. The van der Waals surface area contributed by atoms with Crippen LogP contribution in [0.25, 0.3) is 0 Å². The number of carbonyl (C=O) groups excluding carboxylic acids is 1. The molecule has 0 saturated heterocycles. The molecule has 0 aliphatic carbocycles. The number of carboxylic acid groups (broad SMARTS) is 1. The van der Waals surface area contributed by atoms with Gasteiger partial charge in [0.25, 0.3) is 0 Å². The fourth-order valence-corrected chi connectivity index (χ4v) is 2.95. The molecule has 0 amide bonds. The molecule has 0 fully saturated rings. The number of aryl methyl sites for hydroxylation is 3. The van der Waals surface area contributed by atoms with Crippen LogP contribution >= 0.6 is 0 Å². The van der Waals surface area contributed by atoms with Gasteiger partial charge in [0.2, 0.25) is 0 Å². The van der Waals surface area contributed by atoms with Crippen LogP contribution in [0.2, 0.25) is 0 Å². The van der Waals surface area contributed by atoms with Gasteiger partial charge in [-0.05, 0) is 51.9 Å². The van der Waals surface area contributed by atoms with Gasteiger partial charge in [-0.25, -0.2) is 4.79 Å². The lowest BCUT2D eigenvalue weighted by Gasteiger charge is -2.27. The summed E-state index contributed by atoms with van der Waals surface area (Å²) < 4.78 is 5.44. The van der Waals surface area contributed by atoms with Gasteiger partial charge in [-0.1, -0.05) is 31.5 Å². The molecule has 0 aliphatic heterocycles. The molecule has 152 valence electrons. The van der Waals surface area contributed by atoms with Crippen LogP contribution in [0.4, 0.5) is 5.69 Å². The Balaban J connectivity index is 2.97. The monoisotopic (exact) mass is 379 g/mol. The van der Waals surface area contributed by atoms with Crippen LogP contribution in [-0.4, -0.2) is 60.8 Å². The third-order valence-electron chi connectivity index (χ3n) is 4.42. The maximum absolute atomic E-state index is 12.6. The van der Waals surface area contributed by atoms with E-state index in [2.05, 4.69) is 38.2 Å². The Morgan fingerprint density at radius 1 is 1.22 bits per heavy atom. The number of anilines is 1. The molecule has 0 spiro atoms. The average Bonchev–Trinajstić information content (AvgIpc) is 2.60. The number of ether oxygens (including phenoxy) is 1. The van der Waals surface area contributed by atoms with Crippen LogP contribution in [0.5, 0.6) is 0 Å². The lowest BCUT2D eigenvalue weighted by atomic mass is 9.99. The minimum atomic E-state index is -1.28. The minimum absolute atomic E-state index is 0.233. The number of rotatable bonds is 10. The Hall–Kier alpha value is -2.12. The first-order chi connectivity index (χ1) is 12.6. The van der Waals surface area contributed by atoms with Gasteiger partial charge in [0.1, 0.15) is 18.2 Å². The molecule has 0 bridgehead atoms. The van der Waals surface area contributed by atoms with Crippen molar-refractivity contribution in [3.8, 4) is 0 Å². The van der Waals surface area contributed by atoms with Crippen molar-refractivity contribution in [2.75, 3.05) is 26.0 Å². The highest BCUT2D eigenvalue weighted by Gasteiger charge is 2.30. The lowest BCUT2D eigenvalue weighted by Crippen LogP contribution is -2.50. The first-order valence-electron chi connectivity index (χ1n) is 9.33. The van der Waals surface area contributed by atoms with Gasteiger partial charge in [0, 0.05) is 12.2 Å². The van der Waals surface area contributed by atoms with Crippen molar-refractivity contribution in [3.63, 3.8) is 0 Å². The maximum atomic E-state index is 12.6. The van der Waals surface area contributed by atoms with Crippen molar-refractivity contribution in [1.82, 2.24) is 4.90 Å². The molecule has 0 saturated carbocycles. The molecule has 0 aromatic heterocycles. The van der Waals surface area contributed by atoms with Gasteiger partial charge in [-0.15, -0.1) is 0 Å². The van der Waals surface area contributed by atoms with Crippen molar-refractivity contribution in [1.29, 1.82) is 0 Å². The maximum Gasteiger partial charge on any atom is 0.328 e. The predicted octanol–water partition coefficient (Wildman–Crippen LogP) is 1.81. The Labute approximate surface area is 161 Å². The summed E-state index contributed by atoms with van der Waals surface area (Å²) in [5.41, 5.74) is 10.1. The minimum Gasteiger partial charge on any atom is -0.480 e. The number of hydrogen-bond donors (Lipinski definition) is 3. The summed E-state index contributed by atoms with van der Waals surface area (Å²) in [6.07, 6.45) is 0.751. The molecule has 0 radical (unpaired) electrons. The van der Waals surface area contributed by atoms with Crippen LogP contribution in [0.3, 0.4) is 0 Å². The molecule has 0 aliphatic rings. The smallest absolute Gasteiger partial charge is 0.328 e. The van der Waals surface area contributed by atoms with Crippen molar-refractivity contribution in [3.05, 3.63) is 28.8 Å². The molecule has 7 heteroatoms. The third kappa shape index (κ3) is 6.52. The molecule has 4 N–H and O–H groups in total. The van der Waals surface area contributed by atoms with Gasteiger partial charge in [-0.3, -0.25) is 4.79 Å². The molecule has 1 aromatic carbocycles. The summed E-state index contributed by atoms with van der Waals surface area (Å²) in [5.74, 6) is -1.72. The number of carboxylic acids is 1. The van der Waals surface area contributed by atoms with E-state index in [4.69, 9.17) is 15.6 Å². The largest absolute Gasteiger partial charge is 0.480 e. The standard InChI is InChI=1S/C20H33N3O4/c1-7-14-9-12(3)10-15(8-2)18(14)22-13(4)20(26)27-16(11-23(5)6)17(21)19(24)25/h9-10,13,16-17,22H,7-8,11,21H2,1-6H3,(H,24,25)/t13-,16?,17?/m0/s1. The lowest BCUT2D eigenvalue weighted by molar-refractivity contribution is -0.155. The quantitative estimate of drug-likeness (QED) is 0.532. The van der Waals surface area contributed by atoms with Gasteiger partial charge in [0.15, 0.2) is 0 Å². The first kappa shape index (κ1) is 22.9. The van der Waals surface area contributed by atoms with Crippen molar-refractivity contribution in [2.24, 2.45) is 5.73 Å². The Morgan fingerprint density at radius 2 is 1.74 bits per heavy atom. The zero-order valence-corrected chi connectivity index (χ0v) is 17.2. The van der Waals surface area contributed by atoms with Crippen LogP contribution < -0.4 is 11.1 Å². The number of nitrogens with one attached hydrogen (secondary N) is 1. The van der Waals surface area contributed by atoms with E-state index in [1.807, 2.05) is 0 Å². The van der Waals surface area contributed by atoms with Crippen molar-refractivity contribution in [2.45, 2.75) is 58.7 Å². The highest BCUT2D eigenvalue weighted by molar-refractivity contribution is 5.81. The van der Waals surface area contributed by atoms with Gasteiger partial charge < -0.3 is 25.8 Å². The second-order valence-electron chi connectivity index (χ2n) is 7.13. The fraction of sp³-hybridized carbons (Fsp3) is 0.600. The molecule has 0 heterocycles. The van der Waals surface area contributed by atoms with Crippen molar-refractivity contribution >= 4 is 17.6 Å². The van der Waals surface area contributed by atoms with Gasteiger partial charge >= 0.3 is 11.9 Å². The van der Waals surface area contributed by atoms with E-state index >= 15 is 0 Å². The molecule has 27 heavy (non-hydrogen) atoms. The number of nitrogens with zero attached hydrogens (tertiary/aromatic N) is 1. The molecule has 3 atom stereocenters. The van der Waals surface area contributed by atoms with E-state index < -0.39 is 30.1 Å². The molecular weight excluding hydrogens is 346 g/mol. The van der Waals surface area contributed by atoms with E-state index in [9.17, 15) is 9.59 Å². The molecule has 1 rings (SSSR count). The van der Waals surface area contributed by atoms with Crippen LogP contribution in [0.1, 0.15) is 37.5 Å². The van der Waals surface area contributed by atoms with E-state index in [0.717, 1.165) is 29.7 Å². The number of nitrogens with two attached hydrogens (primary N) is 1. The number of likely N-dealkylation sites (N-methyl/N-ethyl adjacent to an activating group) is 1. The summed E-state index contributed by atoms with van der Waals surface area (Å²) in [4.78, 5) is 25.5. The average molecular weight is 380 g/mol. The van der Waals surface area contributed by atoms with Crippen LogP contribution in [-0.2, 0) is 27.2 Å². The van der Waals surface area contributed by atoms with Crippen molar-refractivity contribution < 1.29 is 19.4 Å². The second-order valence-corrected chi connectivity index (χ2v) is 7.13. The zero-order chi connectivity index (χ0) is 20.7. The fourth-order valence-electron chi connectivity index (χ4n) is 2.95. The number of esters is 1. The summed E-state index contributed by atoms with van der Waals surface area (Å²) in [5, 5.41) is 12.4. The van der Waals surface area contributed by atoms with Gasteiger partial charge in [-0.2, -0.15) is 0 Å². The Morgan fingerprint density at radius 3 is 2.15 bits per heavy atom. The molecule has 7 nitrogen and oxygen atoms in total. The summed E-state index contributed by atoms with van der Waals surface area (Å²) in [6.45, 7) is 8.14. The van der Waals surface area contributed by atoms with E-state index in [-0.39, 0.29) is 6.54 Å². The Kier molecular flexibility index (Phi) is 8.72. The highest BCUT2D eigenvalue weighted by atomic mass is 16.5. The third-order valence-corrected chi connectivity index (χ3v) is 4.42. The predicted molar refractivity (Wildman–Crippen MR) is 107 cm³/mol. The van der Waals surface area contributed by atoms with E-state index in [1.165, 1.54) is 5.56 Å². The summed E-state index contributed by atoms with van der Waals surface area (Å²) in [7, 11) is 3.54. The summed E-state index contributed by atoms with van der Waals surface area (Å²) in [6, 6.07) is 2.30. The highest BCUT2D eigenvalue weighted by Crippen LogP contribution is 2.25. The SMILES string of the molecule is CCc1cc(C)cc(CC)c1N[C@@H](C)C(=O)OC(CN(C)C)C(N)C(=O)O. The topological polar surface area (TPSA) is 105 Å². The Bertz CT molecular complexity index is 636. The number of aliphatic carboxylic acids is 1. The van der Waals surface area contributed by atoms with E-state index in [0.29, 0.717) is 0 Å². The zero-order valence-electron chi connectivity index (χ0n) is 17.2. The number of benzene rings is 1. The van der Waals surface area contributed by atoms with Crippen LogP contribution in [0, 0.1) is 6.92 Å². The number of carbonyl (C=O) groups is 2. The molecule has 1 aromatic rings. The number of hydrogen-bond acceptors (Lipinski definition) is 6. The molecular formula is C20H33N3O4. The summed E-state index contributed by atoms with van der Waals surface area (Å²) >= 11 is 0. The van der Waals surface area contributed by atoms with E-state index in [1.54, 1.807) is 25.9 Å². The van der Waals surface area contributed by atoms with Gasteiger partial charge in [0.05, 0.1) is 0 Å². The van der Waals surface area contributed by atoms with Crippen LogP contribution in [0.15, 0.2) is 12.1 Å².